The normalized spacial score (nSPS) is 11.3. The molecule has 0 radical (unpaired) electrons. The second-order valence-electron chi connectivity index (χ2n) is 6.55. The fraction of sp³-hybridized carbons (Fsp3) is 0.167. The van der Waals surface area contributed by atoms with Crippen molar-refractivity contribution in [1.82, 2.24) is 5.32 Å². The topological polar surface area (TPSA) is 64.6 Å². The molecule has 0 heterocycles. The lowest BCUT2D eigenvalue weighted by molar-refractivity contribution is -0.129. The zero-order chi connectivity index (χ0) is 20.5. The van der Waals surface area contributed by atoms with Crippen molar-refractivity contribution in [2.75, 3.05) is 0 Å². The summed E-state index contributed by atoms with van der Waals surface area (Å²) in [6.07, 6.45) is -0.903. The molecule has 0 aliphatic heterocycles. The predicted octanol–water partition coefficient (Wildman–Crippen LogP) is 4.13. The van der Waals surface area contributed by atoms with Gasteiger partial charge in [-0.1, -0.05) is 66.7 Å². The Balaban J connectivity index is 1.52. The first-order valence-corrected chi connectivity index (χ1v) is 9.41. The SMILES string of the molecule is CC(OC(=O)c1cccc(OCc2ccccc2)c1)C(=O)NCc1ccccc1. The van der Waals surface area contributed by atoms with Crippen molar-refractivity contribution in [2.45, 2.75) is 26.2 Å². The van der Waals surface area contributed by atoms with E-state index in [0.717, 1.165) is 11.1 Å². The van der Waals surface area contributed by atoms with Crippen LogP contribution in [-0.2, 0) is 22.7 Å². The lowest BCUT2D eigenvalue weighted by Crippen LogP contribution is -2.35. The Morgan fingerprint density at radius 3 is 2.21 bits per heavy atom. The van der Waals surface area contributed by atoms with E-state index in [1.54, 1.807) is 31.2 Å². The van der Waals surface area contributed by atoms with Crippen LogP contribution < -0.4 is 10.1 Å². The first kappa shape index (κ1) is 20.1. The molecule has 5 nitrogen and oxygen atoms in total. The summed E-state index contributed by atoms with van der Waals surface area (Å²) in [5, 5.41) is 2.76. The molecule has 1 unspecified atom stereocenters. The van der Waals surface area contributed by atoms with Crippen molar-refractivity contribution in [3.8, 4) is 5.75 Å². The minimum absolute atomic E-state index is 0.332. The second-order valence-corrected chi connectivity index (χ2v) is 6.55. The molecule has 0 aliphatic rings. The van der Waals surface area contributed by atoms with E-state index in [0.29, 0.717) is 24.5 Å². The van der Waals surface area contributed by atoms with E-state index in [-0.39, 0.29) is 5.91 Å². The molecule has 29 heavy (non-hydrogen) atoms. The van der Waals surface area contributed by atoms with Crippen LogP contribution in [0.5, 0.6) is 5.75 Å². The van der Waals surface area contributed by atoms with E-state index in [1.165, 1.54) is 0 Å². The first-order chi connectivity index (χ1) is 14.1. The molecule has 5 heteroatoms. The lowest BCUT2D eigenvalue weighted by atomic mass is 10.2. The van der Waals surface area contributed by atoms with Gasteiger partial charge < -0.3 is 14.8 Å². The summed E-state index contributed by atoms with van der Waals surface area (Å²) in [6.45, 7) is 2.33. The van der Waals surface area contributed by atoms with Crippen molar-refractivity contribution < 1.29 is 19.1 Å². The minimum Gasteiger partial charge on any atom is -0.489 e. The summed E-state index contributed by atoms with van der Waals surface area (Å²) < 4.78 is 11.0. The van der Waals surface area contributed by atoms with Gasteiger partial charge in [-0.15, -0.1) is 0 Å². The number of benzene rings is 3. The number of carbonyl (C=O) groups is 2. The molecule has 3 aromatic rings. The van der Waals surface area contributed by atoms with Crippen LogP contribution in [0, 0.1) is 0 Å². The monoisotopic (exact) mass is 389 g/mol. The number of rotatable bonds is 8. The predicted molar refractivity (Wildman–Crippen MR) is 110 cm³/mol. The quantitative estimate of drug-likeness (QED) is 0.589. The highest BCUT2D eigenvalue weighted by Crippen LogP contribution is 2.16. The zero-order valence-corrected chi connectivity index (χ0v) is 16.2. The Hall–Kier alpha value is -3.60. The first-order valence-electron chi connectivity index (χ1n) is 9.41. The van der Waals surface area contributed by atoms with Gasteiger partial charge in [-0.3, -0.25) is 4.79 Å². The van der Waals surface area contributed by atoms with Crippen LogP contribution in [-0.4, -0.2) is 18.0 Å². The number of hydrogen-bond donors (Lipinski definition) is 1. The van der Waals surface area contributed by atoms with Gasteiger partial charge in [-0.2, -0.15) is 0 Å². The molecule has 1 N–H and O–H groups in total. The van der Waals surface area contributed by atoms with Gasteiger partial charge in [0, 0.05) is 6.54 Å². The third-order valence-electron chi connectivity index (χ3n) is 4.28. The number of amides is 1. The van der Waals surface area contributed by atoms with Gasteiger partial charge in [0.2, 0.25) is 0 Å². The molecular formula is C24H23NO4. The third-order valence-corrected chi connectivity index (χ3v) is 4.28. The Bertz CT molecular complexity index is 941. The van der Waals surface area contributed by atoms with Crippen LogP contribution in [0.1, 0.15) is 28.4 Å². The van der Waals surface area contributed by atoms with Crippen molar-refractivity contribution in [1.29, 1.82) is 0 Å². The van der Waals surface area contributed by atoms with Crippen LogP contribution in [0.15, 0.2) is 84.9 Å². The molecule has 3 aromatic carbocycles. The molecule has 0 bridgehead atoms. The van der Waals surface area contributed by atoms with E-state index < -0.39 is 12.1 Å². The Morgan fingerprint density at radius 1 is 0.862 bits per heavy atom. The maximum absolute atomic E-state index is 12.4. The van der Waals surface area contributed by atoms with Crippen LogP contribution >= 0.6 is 0 Å². The van der Waals surface area contributed by atoms with Gasteiger partial charge in [-0.25, -0.2) is 4.79 Å². The number of esters is 1. The van der Waals surface area contributed by atoms with Crippen molar-refractivity contribution in [3.63, 3.8) is 0 Å². The highest BCUT2D eigenvalue weighted by atomic mass is 16.5. The number of nitrogens with one attached hydrogen (secondary N) is 1. The molecule has 0 fully saturated rings. The number of ether oxygens (including phenoxy) is 2. The highest BCUT2D eigenvalue weighted by Gasteiger charge is 2.19. The standard InChI is InChI=1S/C24H23NO4/c1-18(23(26)25-16-19-9-4-2-5-10-19)29-24(27)21-13-8-14-22(15-21)28-17-20-11-6-3-7-12-20/h2-15,18H,16-17H2,1H3,(H,25,26). The van der Waals surface area contributed by atoms with Crippen molar-refractivity contribution >= 4 is 11.9 Å². The van der Waals surface area contributed by atoms with Gasteiger partial charge in [-0.05, 0) is 36.2 Å². The molecule has 3 rings (SSSR count). The molecule has 1 amide bonds. The van der Waals surface area contributed by atoms with E-state index >= 15 is 0 Å². The number of hydrogen-bond acceptors (Lipinski definition) is 4. The fourth-order valence-electron chi connectivity index (χ4n) is 2.66. The Morgan fingerprint density at radius 2 is 1.52 bits per heavy atom. The molecule has 1 atom stereocenters. The van der Waals surface area contributed by atoms with Crippen molar-refractivity contribution in [2.24, 2.45) is 0 Å². The molecule has 0 saturated heterocycles. The Kier molecular flexibility index (Phi) is 7.00. The molecule has 0 saturated carbocycles. The van der Waals surface area contributed by atoms with E-state index in [1.807, 2.05) is 60.7 Å². The highest BCUT2D eigenvalue weighted by molar-refractivity contribution is 5.92. The van der Waals surface area contributed by atoms with Gasteiger partial charge in [0.05, 0.1) is 5.56 Å². The largest absolute Gasteiger partial charge is 0.489 e. The summed E-state index contributed by atoms with van der Waals surface area (Å²) in [7, 11) is 0. The summed E-state index contributed by atoms with van der Waals surface area (Å²) in [6, 6.07) is 26.0. The van der Waals surface area contributed by atoms with Gasteiger partial charge >= 0.3 is 5.97 Å². The van der Waals surface area contributed by atoms with Crippen LogP contribution in [0.4, 0.5) is 0 Å². The second kappa shape index (κ2) is 10.1. The average Bonchev–Trinajstić information content (AvgIpc) is 2.77. The van der Waals surface area contributed by atoms with E-state index in [9.17, 15) is 9.59 Å². The smallest absolute Gasteiger partial charge is 0.339 e. The molecule has 0 spiro atoms. The summed E-state index contributed by atoms with van der Waals surface area (Å²) in [5.41, 5.74) is 2.34. The van der Waals surface area contributed by atoms with Gasteiger partial charge in [0.15, 0.2) is 6.10 Å². The molecule has 148 valence electrons. The number of carbonyl (C=O) groups excluding carboxylic acids is 2. The maximum Gasteiger partial charge on any atom is 0.339 e. The summed E-state index contributed by atoms with van der Waals surface area (Å²) in [4.78, 5) is 24.6. The zero-order valence-electron chi connectivity index (χ0n) is 16.2. The summed E-state index contributed by atoms with van der Waals surface area (Å²) in [5.74, 6) is -0.360. The Labute approximate surface area is 170 Å². The van der Waals surface area contributed by atoms with Gasteiger partial charge in [0.1, 0.15) is 12.4 Å². The summed E-state index contributed by atoms with van der Waals surface area (Å²) >= 11 is 0. The van der Waals surface area contributed by atoms with E-state index in [2.05, 4.69) is 5.32 Å². The van der Waals surface area contributed by atoms with E-state index in [4.69, 9.17) is 9.47 Å². The van der Waals surface area contributed by atoms with Crippen LogP contribution in [0.2, 0.25) is 0 Å². The van der Waals surface area contributed by atoms with Gasteiger partial charge in [0.25, 0.3) is 5.91 Å². The lowest BCUT2D eigenvalue weighted by Gasteiger charge is -2.14. The average molecular weight is 389 g/mol. The van der Waals surface area contributed by atoms with Crippen LogP contribution in [0.3, 0.4) is 0 Å². The molecular weight excluding hydrogens is 366 g/mol. The fourth-order valence-corrected chi connectivity index (χ4v) is 2.66. The molecule has 0 aromatic heterocycles. The molecule has 0 aliphatic carbocycles. The van der Waals surface area contributed by atoms with Crippen molar-refractivity contribution in [3.05, 3.63) is 102 Å². The third kappa shape index (κ3) is 6.21. The van der Waals surface area contributed by atoms with Crippen LogP contribution in [0.25, 0.3) is 0 Å². The minimum atomic E-state index is -0.903. The maximum atomic E-state index is 12.4.